The van der Waals surface area contributed by atoms with Crippen LogP contribution in [0.25, 0.3) is 0 Å². The van der Waals surface area contributed by atoms with Gasteiger partial charge in [0.1, 0.15) is 5.75 Å². The fourth-order valence-electron chi connectivity index (χ4n) is 4.10. The summed E-state index contributed by atoms with van der Waals surface area (Å²) in [4.78, 5) is 4.99. The molecule has 4 rings (SSSR count). The predicted molar refractivity (Wildman–Crippen MR) is 104 cm³/mol. The molecule has 27 heavy (non-hydrogen) atoms. The van der Waals surface area contributed by atoms with Gasteiger partial charge in [-0.25, -0.2) is 0 Å². The van der Waals surface area contributed by atoms with Crippen LogP contribution in [0.1, 0.15) is 25.7 Å². The van der Waals surface area contributed by atoms with Crippen molar-refractivity contribution < 1.29 is 18.9 Å². The first-order valence-electron chi connectivity index (χ1n) is 10.4. The number of anilines is 1. The van der Waals surface area contributed by atoms with Crippen LogP contribution in [0.3, 0.4) is 0 Å². The highest BCUT2D eigenvalue weighted by atomic mass is 16.7. The van der Waals surface area contributed by atoms with E-state index in [2.05, 4.69) is 28.0 Å². The minimum atomic E-state index is -0.0138. The highest BCUT2D eigenvalue weighted by Crippen LogP contribution is 2.30. The van der Waals surface area contributed by atoms with Gasteiger partial charge in [0.15, 0.2) is 6.29 Å². The summed E-state index contributed by atoms with van der Waals surface area (Å²) in [6, 6.07) is 8.87. The van der Waals surface area contributed by atoms with Crippen molar-refractivity contribution in [1.29, 1.82) is 0 Å². The highest BCUT2D eigenvalue weighted by Gasteiger charge is 2.30. The third-order valence-corrected chi connectivity index (χ3v) is 5.63. The number of ether oxygens (including phenoxy) is 4. The Balaban J connectivity index is 1.25. The largest absolute Gasteiger partial charge is 0.491 e. The molecule has 2 atom stereocenters. The summed E-state index contributed by atoms with van der Waals surface area (Å²) in [7, 11) is 0. The van der Waals surface area contributed by atoms with Gasteiger partial charge in [0, 0.05) is 39.2 Å². The van der Waals surface area contributed by atoms with Crippen LogP contribution in [0.15, 0.2) is 24.3 Å². The molecular formula is C21H32N2O4. The number of morpholine rings is 1. The summed E-state index contributed by atoms with van der Waals surface area (Å²) in [5.74, 6) is 0.969. The van der Waals surface area contributed by atoms with Crippen LogP contribution >= 0.6 is 0 Å². The Morgan fingerprint density at radius 1 is 1.04 bits per heavy atom. The lowest BCUT2D eigenvalue weighted by Crippen LogP contribution is -2.58. The molecule has 3 aliphatic rings. The van der Waals surface area contributed by atoms with Crippen LogP contribution in [0.4, 0.5) is 5.69 Å². The number of benzene rings is 1. The van der Waals surface area contributed by atoms with E-state index >= 15 is 0 Å². The van der Waals surface area contributed by atoms with Gasteiger partial charge in [0.2, 0.25) is 0 Å². The Kier molecular flexibility index (Phi) is 6.85. The molecule has 3 fully saturated rings. The van der Waals surface area contributed by atoms with E-state index < -0.39 is 0 Å². The molecular weight excluding hydrogens is 344 g/mol. The smallest absolute Gasteiger partial charge is 0.157 e. The predicted octanol–water partition coefficient (Wildman–Crippen LogP) is 2.52. The minimum Gasteiger partial charge on any atom is -0.491 e. The fraction of sp³-hybridized carbons (Fsp3) is 0.714. The molecule has 3 heterocycles. The van der Waals surface area contributed by atoms with Crippen LogP contribution < -0.4 is 9.64 Å². The molecule has 6 heteroatoms. The molecule has 0 spiro atoms. The van der Waals surface area contributed by atoms with E-state index in [4.69, 9.17) is 18.9 Å². The number of hydrogen-bond acceptors (Lipinski definition) is 6. The Bertz CT molecular complexity index is 579. The van der Waals surface area contributed by atoms with Gasteiger partial charge < -0.3 is 23.8 Å². The molecule has 0 amide bonds. The van der Waals surface area contributed by atoms with Crippen molar-refractivity contribution in [3.05, 3.63) is 24.3 Å². The van der Waals surface area contributed by atoms with E-state index in [0.29, 0.717) is 19.3 Å². The standard InChI is InChI=1S/C21H32N2O4/c1-2-7-20(25-13-5-14-27-21-8-3-4-12-26-21)19(6-1)23-10-9-22-11-15-24-17-18(22)16-23/h1-2,6-7,18,21H,3-5,8-17H2/t18-,21?/m1/s1. The van der Waals surface area contributed by atoms with E-state index in [0.717, 1.165) is 71.0 Å². The normalized spacial score (nSPS) is 26.6. The van der Waals surface area contributed by atoms with Crippen LogP contribution in [0, 0.1) is 0 Å². The van der Waals surface area contributed by atoms with Crippen molar-refractivity contribution >= 4 is 5.69 Å². The van der Waals surface area contributed by atoms with Crippen LogP contribution in [-0.2, 0) is 14.2 Å². The van der Waals surface area contributed by atoms with Crippen molar-refractivity contribution in [1.82, 2.24) is 4.90 Å². The number of rotatable bonds is 7. The zero-order chi connectivity index (χ0) is 18.3. The van der Waals surface area contributed by atoms with Crippen LogP contribution in [0.5, 0.6) is 5.75 Å². The summed E-state index contributed by atoms with van der Waals surface area (Å²) in [5, 5.41) is 0. The molecule has 0 bridgehead atoms. The molecule has 6 nitrogen and oxygen atoms in total. The van der Waals surface area contributed by atoms with Gasteiger partial charge in [-0.2, -0.15) is 0 Å². The molecule has 3 saturated heterocycles. The van der Waals surface area contributed by atoms with Gasteiger partial charge in [-0.3, -0.25) is 4.90 Å². The average molecular weight is 376 g/mol. The summed E-state index contributed by atoms with van der Waals surface area (Å²) in [6.45, 7) is 8.07. The summed E-state index contributed by atoms with van der Waals surface area (Å²) >= 11 is 0. The molecule has 0 aromatic heterocycles. The quantitative estimate of drug-likeness (QED) is 0.682. The summed E-state index contributed by atoms with van der Waals surface area (Å²) in [6.07, 6.45) is 4.23. The Labute approximate surface area is 162 Å². The zero-order valence-electron chi connectivity index (χ0n) is 16.2. The highest BCUT2D eigenvalue weighted by molar-refractivity contribution is 5.58. The Morgan fingerprint density at radius 3 is 2.93 bits per heavy atom. The number of nitrogens with zero attached hydrogens (tertiary/aromatic N) is 2. The molecule has 1 aromatic carbocycles. The first kappa shape index (κ1) is 19.0. The molecule has 3 aliphatic heterocycles. The van der Waals surface area contributed by atoms with Gasteiger partial charge >= 0.3 is 0 Å². The van der Waals surface area contributed by atoms with Crippen LogP contribution in [0.2, 0.25) is 0 Å². The lowest BCUT2D eigenvalue weighted by molar-refractivity contribution is -0.163. The first-order chi connectivity index (χ1) is 13.4. The number of fused-ring (bicyclic) bond motifs is 1. The summed E-state index contributed by atoms with van der Waals surface area (Å²) < 4.78 is 23.2. The second kappa shape index (κ2) is 9.73. The zero-order valence-corrected chi connectivity index (χ0v) is 16.2. The van der Waals surface area contributed by atoms with E-state index in [1.54, 1.807) is 0 Å². The molecule has 0 radical (unpaired) electrons. The van der Waals surface area contributed by atoms with Gasteiger partial charge in [-0.1, -0.05) is 12.1 Å². The summed E-state index contributed by atoms with van der Waals surface area (Å²) in [5.41, 5.74) is 1.19. The maximum absolute atomic E-state index is 6.11. The average Bonchev–Trinajstić information content (AvgIpc) is 2.74. The topological polar surface area (TPSA) is 43.4 Å². The van der Waals surface area contributed by atoms with Crippen molar-refractivity contribution in [3.8, 4) is 5.75 Å². The lowest BCUT2D eigenvalue weighted by atomic mass is 10.1. The van der Waals surface area contributed by atoms with E-state index in [-0.39, 0.29) is 6.29 Å². The third-order valence-electron chi connectivity index (χ3n) is 5.63. The first-order valence-corrected chi connectivity index (χ1v) is 10.4. The van der Waals surface area contributed by atoms with Gasteiger partial charge in [0.05, 0.1) is 38.2 Å². The maximum atomic E-state index is 6.11. The Hall–Kier alpha value is -1.34. The number of hydrogen-bond donors (Lipinski definition) is 0. The Morgan fingerprint density at radius 2 is 2.00 bits per heavy atom. The fourth-order valence-corrected chi connectivity index (χ4v) is 4.10. The van der Waals surface area contributed by atoms with Gasteiger partial charge in [0.25, 0.3) is 0 Å². The second-order valence-electron chi connectivity index (χ2n) is 7.55. The van der Waals surface area contributed by atoms with E-state index in [1.165, 1.54) is 12.1 Å². The van der Waals surface area contributed by atoms with Crippen molar-refractivity contribution in [3.63, 3.8) is 0 Å². The molecule has 0 aliphatic carbocycles. The molecule has 0 saturated carbocycles. The second-order valence-corrected chi connectivity index (χ2v) is 7.55. The van der Waals surface area contributed by atoms with Crippen molar-refractivity contribution in [2.75, 3.05) is 64.1 Å². The maximum Gasteiger partial charge on any atom is 0.157 e. The molecule has 1 unspecified atom stereocenters. The minimum absolute atomic E-state index is 0.0138. The van der Waals surface area contributed by atoms with E-state index in [9.17, 15) is 0 Å². The van der Waals surface area contributed by atoms with Gasteiger partial charge in [-0.15, -0.1) is 0 Å². The SMILES string of the molecule is c1ccc(N2CCN3CCOC[C@H]3C2)c(OCCCOC2CCCCO2)c1. The van der Waals surface area contributed by atoms with Gasteiger partial charge in [-0.05, 0) is 31.4 Å². The molecule has 0 N–H and O–H groups in total. The number of piperazine rings is 1. The monoisotopic (exact) mass is 376 g/mol. The van der Waals surface area contributed by atoms with Crippen molar-refractivity contribution in [2.24, 2.45) is 0 Å². The lowest BCUT2D eigenvalue weighted by Gasteiger charge is -2.44. The number of para-hydroxylation sites is 2. The molecule has 150 valence electrons. The van der Waals surface area contributed by atoms with E-state index in [1.807, 2.05) is 6.07 Å². The third kappa shape index (κ3) is 5.13. The van der Waals surface area contributed by atoms with Crippen molar-refractivity contribution in [2.45, 2.75) is 38.0 Å². The molecule has 1 aromatic rings. The van der Waals surface area contributed by atoms with Crippen LogP contribution in [-0.4, -0.2) is 76.4 Å².